The molecule has 12 nitrogen and oxygen atoms in total. The first kappa shape index (κ1) is 22.1. The Bertz CT molecular complexity index is 914. The van der Waals surface area contributed by atoms with E-state index in [1.807, 2.05) is 0 Å². The molecule has 156 valence electrons. The first-order valence-electron chi connectivity index (χ1n) is 8.35. The van der Waals surface area contributed by atoms with Gasteiger partial charge >= 0.3 is 17.6 Å². The molecule has 0 bridgehead atoms. The fourth-order valence-electron chi connectivity index (χ4n) is 2.28. The summed E-state index contributed by atoms with van der Waals surface area (Å²) < 4.78 is 11.4. The highest BCUT2D eigenvalue weighted by Crippen LogP contribution is 2.26. The highest BCUT2D eigenvalue weighted by molar-refractivity contribution is 7.99. The number of ether oxygens (including phenoxy) is 2. The average molecular weight is 424 g/mol. The maximum absolute atomic E-state index is 12.7. The summed E-state index contributed by atoms with van der Waals surface area (Å²) in [5.41, 5.74) is -0.204. The largest absolute Gasteiger partial charge is 0.469 e. The number of hydrogen-bond acceptors (Lipinski definition) is 10. The quantitative estimate of drug-likeness (QED) is 0.512. The van der Waals surface area contributed by atoms with Gasteiger partial charge in [-0.3, -0.25) is 14.6 Å². The van der Waals surface area contributed by atoms with Crippen molar-refractivity contribution in [3.63, 3.8) is 0 Å². The number of aromatic nitrogens is 5. The van der Waals surface area contributed by atoms with E-state index >= 15 is 0 Å². The molecular formula is C16H20N6O6S. The van der Waals surface area contributed by atoms with Gasteiger partial charge in [0, 0.05) is 18.9 Å². The number of carbonyl (C=O) groups is 3. The Morgan fingerprint density at radius 3 is 2.59 bits per heavy atom. The predicted molar refractivity (Wildman–Crippen MR) is 101 cm³/mol. The summed E-state index contributed by atoms with van der Waals surface area (Å²) in [6.45, 7) is 1.26. The summed E-state index contributed by atoms with van der Waals surface area (Å²) in [4.78, 5) is 51.7. The van der Waals surface area contributed by atoms with E-state index in [2.05, 4.69) is 30.2 Å². The minimum Gasteiger partial charge on any atom is -0.469 e. The predicted octanol–water partition coefficient (Wildman–Crippen LogP) is -0.703. The lowest BCUT2D eigenvalue weighted by Crippen LogP contribution is -2.42. The first-order valence-corrected chi connectivity index (χ1v) is 9.40. The summed E-state index contributed by atoms with van der Waals surface area (Å²) in [7, 11) is 2.41. The SMILES string of the molecule is COC(=O)CC(SC[C@H](NC(C)=O)C(=O)OC)n1nnn(-c2cccnc2)c1=O. The molecule has 1 amide bonds. The maximum atomic E-state index is 12.7. The van der Waals surface area contributed by atoms with E-state index in [-0.39, 0.29) is 12.2 Å². The molecule has 2 aromatic rings. The summed E-state index contributed by atoms with van der Waals surface area (Å²) in [6, 6.07) is 2.29. The van der Waals surface area contributed by atoms with Gasteiger partial charge in [-0.15, -0.1) is 11.8 Å². The number of thioether (sulfide) groups is 1. The third kappa shape index (κ3) is 5.88. The molecule has 0 fully saturated rings. The molecule has 2 rings (SSSR count). The lowest BCUT2D eigenvalue weighted by atomic mass is 10.3. The van der Waals surface area contributed by atoms with Crippen LogP contribution in [0.2, 0.25) is 0 Å². The third-order valence-electron chi connectivity index (χ3n) is 3.65. The number of nitrogens with one attached hydrogen (secondary N) is 1. The molecule has 0 aliphatic carbocycles. The van der Waals surface area contributed by atoms with Crippen LogP contribution in [-0.4, -0.2) is 68.6 Å². The second kappa shape index (κ2) is 10.4. The Kier molecular flexibility index (Phi) is 7.88. The second-order valence-corrected chi connectivity index (χ2v) is 6.88. The van der Waals surface area contributed by atoms with Crippen molar-refractivity contribution in [1.29, 1.82) is 0 Å². The number of amides is 1. The zero-order valence-corrected chi connectivity index (χ0v) is 16.8. The van der Waals surface area contributed by atoms with Crippen molar-refractivity contribution in [2.24, 2.45) is 0 Å². The van der Waals surface area contributed by atoms with Gasteiger partial charge in [-0.25, -0.2) is 9.59 Å². The van der Waals surface area contributed by atoms with Crippen molar-refractivity contribution in [3.05, 3.63) is 35.0 Å². The molecule has 1 N–H and O–H groups in total. The average Bonchev–Trinajstić information content (AvgIpc) is 3.10. The van der Waals surface area contributed by atoms with E-state index in [1.54, 1.807) is 18.3 Å². The Balaban J connectivity index is 2.28. The maximum Gasteiger partial charge on any atom is 0.369 e. The molecule has 0 spiro atoms. The summed E-state index contributed by atoms with van der Waals surface area (Å²) in [5.74, 6) is -1.64. The molecule has 29 heavy (non-hydrogen) atoms. The standard InChI is InChI=1S/C16H20N6O6S/c1-10(23)18-12(15(25)28-3)9-29-13(7-14(24)27-2)22-16(26)21(19-20-22)11-5-4-6-17-8-11/h4-6,8,12-13H,7,9H2,1-3H3,(H,18,23)/t12-,13?/m0/s1. The zero-order chi connectivity index (χ0) is 21.4. The van der Waals surface area contributed by atoms with Gasteiger partial charge in [-0.05, 0) is 22.6 Å². The van der Waals surface area contributed by atoms with Crippen molar-refractivity contribution in [2.45, 2.75) is 24.8 Å². The van der Waals surface area contributed by atoms with Crippen LogP contribution in [0.15, 0.2) is 29.3 Å². The number of pyridine rings is 1. The first-order chi connectivity index (χ1) is 13.9. The van der Waals surface area contributed by atoms with Gasteiger partial charge in [0.15, 0.2) is 0 Å². The van der Waals surface area contributed by atoms with E-state index < -0.39 is 35.0 Å². The van der Waals surface area contributed by atoms with Crippen LogP contribution < -0.4 is 11.0 Å². The van der Waals surface area contributed by atoms with E-state index in [9.17, 15) is 19.2 Å². The number of methoxy groups -OCH3 is 2. The zero-order valence-electron chi connectivity index (χ0n) is 16.0. The highest BCUT2D eigenvalue weighted by Gasteiger charge is 2.27. The molecule has 0 radical (unpaired) electrons. The Labute approximate surface area is 169 Å². The smallest absolute Gasteiger partial charge is 0.369 e. The normalized spacial score (nSPS) is 12.7. The van der Waals surface area contributed by atoms with Gasteiger partial charge < -0.3 is 14.8 Å². The molecule has 0 saturated heterocycles. The van der Waals surface area contributed by atoms with E-state index in [1.165, 1.54) is 27.3 Å². The molecule has 2 heterocycles. The fourth-order valence-corrected chi connectivity index (χ4v) is 3.45. The molecule has 0 saturated carbocycles. The van der Waals surface area contributed by atoms with E-state index in [0.717, 1.165) is 21.1 Å². The Morgan fingerprint density at radius 2 is 2.00 bits per heavy atom. The van der Waals surface area contributed by atoms with Gasteiger partial charge in [-0.2, -0.15) is 9.36 Å². The molecule has 0 aliphatic rings. The topological polar surface area (TPSA) is 147 Å². The van der Waals surface area contributed by atoms with Crippen molar-refractivity contribution in [3.8, 4) is 5.69 Å². The molecular weight excluding hydrogens is 404 g/mol. The van der Waals surface area contributed by atoms with Gasteiger partial charge in [0.05, 0.1) is 32.5 Å². The van der Waals surface area contributed by atoms with Gasteiger partial charge in [0.1, 0.15) is 11.4 Å². The number of nitrogens with zero attached hydrogens (tertiary/aromatic N) is 5. The van der Waals surface area contributed by atoms with Crippen LogP contribution in [0.5, 0.6) is 0 Å². The molecule has 2 atom stereocenters. The van der Waals surface area contributed by atoms with E-state index in [0.29, 0.717) is 5.69 Å². The van der Waals surface area contributed by atoms with Crippen LogP contribution in [0.4, 0.5) is 0 Å². The highest BCUT2D eigenvalue weighted by atomic mass is 32.2. The van der Waals surface area contributed by atoms with Crippen molar-refractivity contribution in [1.82, 2.24) is 30.1 Å². The van der Waals surface area contributed by atoms with Gasteiger partial charge in [0.2, 0.25) is 5.91 Å². The number of carbonyl (C=O) groups excluding carboxylic acids is 3. The molecule has 0 aliphatic heterocycles. The Hall–Kier alpha value is -3.22. The van der Waals surface area contributed by atoms with Crippen LogP contribution in [0.1, 0.15) is 18.7 Å². The van der Waals surface area contributed by atoms with Gasteiger partial charge in [-0.1, -0.05) is 0 Å². The fraction of sp³-hybridized carbons (Fsp3) is 0.438. The van der Waals surface area contributed by atoms with Crippen molar-refractivity contribution in [2.75, 3.05) is 20.0 Å². The van der Waals surface area contributed by atoms with E-state index in [4.69, 9.17) is 0 Å². The number of tetrazole rings is 1. The van der Waals surface area contributed by atoms with Crippen LogP contribution in [0, 0.1) is 0 Å². The molecule has 2 aromatic heterocycles. The monoisotopic (exact) mass is 424 g/mol. The number of esters is 2. The van der Waals surface area contributed by atoms with Crippen LogP contribution in [0.25, 0.3) is 5.69 Å². The second-order valence-electron chi connectivity index (χ2n) is 5.67. The summed E-state index contributed by atoms with van der Waals surface area (Å²) in [6.07, 6.45) is 2.78. The minimum atomic E-state index is -0.966. The third-order valence-corrected chi connectivity index (χ3v) is 4.93. The van der Waals surface area contributed by atoms with Crippen LogP contribution in [0.3, 0.4) is 0 Å². The Morgan fingerprint density at radius 1 is 1.24 bits per heavy atom. The van der Waals surface area contributed by atoms with Crippen LogP contribution in [-0.2, 0) is 23.9 Å². The summed E-state index contributed by atoms with van der Waals surface area (Å²) in [5, 5.41) is 9.29. The lowest BCUT2D eigenvalue weighted by molar-refractivity contribution is -0.144. The lowest BCUT2D eigenvalue weighted by Gasteiger charge is -2.19. The van der Waals surface area contributed by atoms with Crippen molar-refractivity contribution < 1.29 is 23.9 Å². The molecule has 13 heteroatoms. The number of rotatable bonds is 9. The molecule has 0 aromatic carbocycles. The number of hydrogen-bond donors (Lipinski definition) is 1. The molecule has 1 unspecified atom stereocenters. The minimum absolute atomic E-state index is 0.0279. The van der Waals surface area contributed by atoms with Crippen molar-refractivity contribution >= 4 is 29.6 Å². The summed E-state index contributed by atoms with van der Waals surface area (Å²) >= 11 is 1.05. The van der Waals surface area contributed by atoms with Gasteiger partial charge in [0.25, 0.3) is 0 Å². The van der Waals surface area contributed by atoms with Crippen LogP contribution >= 0.6 is 11.8 Å².